The summed E-state index contributed by atoms with van der Waals surface area (Å²) in [5.74, 6) is -1.22. The molecule has 0 aliphatic carbocycles. The molecule has 0 atom stereocenters. The molecule has 0 aliphatic rings. The number of aromatic amines is 1. The molecule has 100 valence electrons. The van der Waals surface area contributed by atoms with E-state index in [0.717, 1.165) is 16.8 Å². The van der Waals surface area contributed by atoms with E-state index in [4.69, 9.17) is 16.3 Å². The van der Waals surface area contributed by atoms with Crippen LogP contribution in [-0.2, 0) is 4.74 Å². The first-order valence-electron chi connectivity index (χ1n) is 5.47. The molecule has 1 heterocycles. The molecule has 0 unspecified atom stereocenters. The van der Waals surface area contributed by atoms with Crippen LogP contribution in [0.4, 0.5) is 4.39 Å². The molecule has 0 saturated carbocycles. The van der Waals surface area contributed by atoms with Crippen molar-refractivity contribution >= 4 is 17.6 Å². The van der Waals surface area contributed by atoms with E-state index in [9.17, 15) is 14.0 Å². The number of hydrogen-bond donors (Lipinski definition) is 1. The Balaban J connectivity index is 2.43. The van der Waals surface area contributed by atoms with Crippen molar-refractivity contribution in [3.8, 4) is 5.69 Å². The van der Waals surface area contributed by atoms with Crippen LogP contribution >= 0.6 is 11.6 Å². The molecule has 0 amide bonds. The van der Waals surface area contributed by atoms with Crippen LogP contribution in [0.1, 0.15) is 17.4 Å². The molecule has 0 bridgehead atoms. The Bertz CT molecular complexity index is 678. The van der Waals surface area contributed by atoms with E-state index in [-0.39, 0.29) is 17.3 Å². The lowest BCUT2D eigenvalue weighted by Crippen LogP contribution is -2.13. The zero-order valence-electron chi connectivity index (χ0n) is 9.94. The molecular weight excluding hydrogens is 275 g/mol. The van der Waals surface area contributed by atoms with E-state index in [0.29, 0.717) is 5.69 Å². The van der Waals surface area contributed by atoms with Gasteiger partial charge in [0, 0.05) is 6.07 Å². The quantitative estimate of drug-likeness (QED) is 0.878. The topological polar surface area (TPSA) is 64.1 Å². The number of aromatic nitrogens is 2. The van der Waals surface area contributed by atoms with Crippen molar-refractivity contribution in [2.24, 2.45) is 0 Å². The fourth-order valence-corrected chi connectivity index (χ4v) is 1.70. The molecule has 0 fully saturated rings. The largest absolute Gasteiger partial charge is 0.461 e. The van der Waals surface area contributed by atoms with E-state index in [1.807, 2.05) is 0 Å². The van der Waals surface area contributed by atoms with Gasteiger partial charge in [-0.1, -0.05) is 11.6 Å². The third-order valence-corrected chi connectivity index (χ3v) is 2.67. The number of nitrogens with one attached hydrogen (secondary N) is 1. The van der Waals surface area contributed by atoms with Crippen LogP contribution in [0.5, 0.6) is 0 Å². The van der Waals surface area contributed by atoms with E-state index >= 15 is 0 Å². The van der Waals surface area contributed by atoms with E-state index < -0.39 is 17.3 Å². The molecule has 2 rings (SSSR count). The smallest absolute Gasteiger partial charge is 0.356 e. The van der Waals surface area contributed by atoms with Crippen LogP contribution in [0.15, 0.2) is 29.1 Å². The fraction of sp³-hybridized carbons (Fsp3) is 0.167. The zero-order chi connectivity index (χ0) is 14.0. The lowest BCUT2D eigenvalue weighted by Gasteiger charge is -2.03. The second-order valence-electron chi connectivity index (χ2n) is 3.66. The summed E-state index contributed by atoms with van der Waals surface area (Å²) < 4.78 is 18.9. The zero-order valence-corrected chi connectivity index (χ0v) is 10.7. The van der Waals surface area contributed by atoms with Crippen molar-refractivity contribution < 1.29 is 13.9 Å². The molecule has 0 saturated heterocycles. The fourth-order valence-electron chi connectivity index (χ4n) is 1.53. The van der Waals surface area contributed by atoms with Crippen molar-refractivity contribution in [3.05, 3.63) is 51.2 Å². The Labute approximate surface area is 112 Å². The van der Waals surface area contributed by atoms with Crippen molar-refractivity contribution in [3.63, 3.8) is 0 Å². The molecule has 1 aromatic carbocycles. The van der Waals surface area contributed by atoms with Gasteiger partial charge in [-0.15, -0.1) is 0 Å². The number of benzene rings is 1. The summed E-state index contributed by atoms with van der Waals surface area (Å²) in [7, 11) is 0. The van der Waals surface area contributed by atoms with Crippen LogP contribution in [0, 0.1) is 5.82 Å². The summed E-state index contributed by atoms with van der Waals surface area (Å²) in [6.07, 6.45) is 0. The van der Waals surface area contributed by atoms with Gasteiger partial charge in [-0.25, -0.2) is 13.9 Å². The molecule has 0 aliphatic heterocycles. The summed E-state index contributed by atoms with van der Waals surface area (Å²) in [4.78, 5) is 23.2. The first-order valence-corrected chi connectivity index (χ1v) is 5.85. The number of esters is 1. The van der Waals surface area contributed by atoms with E-state index in [1.54, 1.807) is 6.92 Å². The van der Waals surface area contributed by atoms with Crippen LogP contribution in [0.25, 0.3) is 5.69 Å². The average Bonchev–Trinajstić information content (AvgIpc) is 2.75. The number of nitrogens with zero attached hydrogens (tertiary/aromatic N) is 1. The van der Waals surface area contributed by atoms with Gasteiger partial charge in [0.1, 0.15) is 11.5 Å². The molecule has 2 aromatic rings. The first-order chi connectivity index (χ1) is 9.02. The Morgan fingerprint density at radius 1 is 1.47 bits per heavy atom. The van der Waals surface area contributed by atoms with Gasteiger partial charge < -0.3 is 4.74 Å². The van der Waals surface area contributed by atoms with Gasteiger partial charge in [0.2, 0.25) is 0 Å². The van der Waals surface area contributed by atoms with Crippen molar-refractivity contribution in [1.82, 2.24) is 9.78 Å². The predicted molar refractivity (Wildman–Crippen MR) is 67.3 cm³/mol. The minimum Gasteiger partial charge on any atom is -0.461 e. The number of rotatable bonds is 3. The molecular formula is C12H10ClFN2O3. The minimum absolute atomic E-state index is 0.0206. The third-order valence-electron chi connectivity index (χ3n) is 2.38. The number of carbonyl (C=O) groups is 1. The predicted octanol–water partition coefficient (Wildman–Crippen LogP) is 2.13. The molecule has 5 nitrogen and oxygen atoms in total. The standard InChI is InChI=1S/C12H10ClFN2O3/c1-2-19-12(18)10-6-11(17)16(15-10)7-3-4-9(14)8(13)5-7/h3-6,15H,2H2,1H3. The summed E-state index contributed by atoms with van der Waals surface area (Å²) in [5.41, 5.74) is -0.120. The van der Waals surface area contributed by atoms with Crippen molar-refractivity contribution in [2.45, 2.75) is 6.92 Å². The summed E-state index contributed by atoms with van der Waals surface area (Å²) >= 11 is 5.64. The number of ether oxygens (including phenoxy) is 1. The highest BCUT2D eigenvalue weighted by Crippen LogP contribution is 2.17. The number of carbonyl (C=O) groups excluding carboxylic acids is 1. The maximum Gasteiger partial charge on any atom is 0.356 e. The number of H-pyrrole nitrogens is 1. The highest BCUT2D eigenvalue weighted by Gasteiger charge is 2.13. The molecule has 19 heavy (non-hydrogen) atoms. The molecule has 7 heteroatoms. The number of halogens is 2. The van der Waals surface area contributed by atoms with Gasteiger partial charge in [0.15, 0.2) is 0 Å². The monoisotopic (exact) mass is 284 g/mol. The average molecular weight is 285 g/mol. The highest BCUT2D eigenvalue weighted by atomic mass is 35.5. The SMILES string of the molecule is CCOC(=O)c1cc(=O)n(-c2ccc(F)c(Cl)c2)[nH]1. The summed E-state index contributed by atoms with van der Waals surface area (Å²) in [6.45, 7) is 1.86. The van der Waals surface area contributed by atoms with Gasteiger partial charge in [-0.2, -0.15) is 0 Å². The maximum atomic E-state index is 13.0. The third kappa shape index (κ3) is 2.68. The van der Waals surface area contributed by atoms with E-state index in [2.05, 4.69) is 5.10 Å². The lowest BCUT2D eigenvalue weighted by atomic mass is 10.3. The first kappa shape index (κ1) is 13.4. The van der Waals surface area contributed by atoms with Gasteiger partial charge in [-0.3, -0.25) is 9.89 Å². The van der Waals surface area contributed by atoms with Gasteiger partial charge >= 0.3 is 5.97 Å². The maximum absolute atomic E-state index is 13.0. The Morgan fingerprint density at radius 3 is 2.84 bits per heavy atom. The van der Waals surface area contributed by atoms with Crippen molar-refractivity contribution in [2.75, 3.05) is 6.61 Å². The second kappa shape index (κ2) is 5.27. The van der Waals surface area contributed by atoms with Crippen molar-refractivity contribution in [1.29, 1.82) is 0 Å². The summed E-state index contributed by atoms with van der Waals surface area (Å²) in [5, 5.41) is 2.46. The Morgan fingerprint density at radius 2 is 2.21 bits per heavy atom. The second-order valence-corrected chi connectivity index (χ2v) is 4.07. The van der Waals surface area contributed by atoms with Gasteiger partial charge in [0.05, 0.1) is 17.3 Å². The molecule has 0 spiro atoms. The van der Waals surface area contributed by atoms with E-state index in [1.165, 1.54) is 12.1 Å². The van der Waals surface area contributed by atoms with Crippen LogP contribution in [0.3, 0.4) is 0 Å². The van der Waals surface area contributed by atoms with Gasteiger partial charge in [0.25, 0.3) is 5.56 Å². The minimum atomic E-state index is -0.633. The van der Waals surface area contributed by atoms with Crippen LogP contribution in [0.2, 0.25) is 5.02 Å². The molecule has 1 aromatic heterocycles. The summed E-state index contributed by atoms with van der Waals surface area (Å²) in [6, 6.07) is 4.89. The number of hydrogen-bond acceptors (Lipinski definition) is 3. The normalized spacial score (nSPS) is 10.5. The van der Waals surface area contributed by atoms with Crippen LogP contribution in [-0.4, -0.2) is 22.4 Å². The lowest BCUT2D eigenvalue weighted by molar-refractivity contribution is 0.0519. The molecule has 1 N–H and O–H groups in total. The van der Waals surface area contributed by atoms with Crippen LogP contribution < -0.4 is 5.56 Å². The Kier molecular flexibility index (Phi) is 3.71. The molecule has 0 radical (unpaired) electrons. The highest BCUT2D eigenvalue weighted by molar-refractivity contribution is 6.30. The Hall–Kier alpha value is -2.08. The van der Waals surface area contributed by atoms with Gasteiger partial charge in [-0.05, 0) is 25.1 Å².